The third kappa shape index (κ3) is 7.66. The molecule has 2 aromatic carbocycles. The lowest BCUT2D eigenvalue weighted by molar-refractivity contribution is -0.143. The normalized spacial score (nSPS) is 12.4. The molecule has 1 N–H and O–H groups in total. The summed E-state index contributed by atoms with van der Waals surface area (Å²) in [7, 11) is 0. The maximum Gasteiger partial charge on any atom is 0.261 e. The smallest absolute Gasteiger partial charge is 0.261 e. The molecule has 0 radical (unpaired) electrons. The van der Waals surface area contributed by atoms with Crippen LogP contribution in [-0.2, 0) is 16.1 Å². The topological polar surface area (TPSA) is 58.6 Å². The van der Waals surface area contributed by atoms with Gasteiger partial charge in [0, 0.05) is 12.1 Å². The first-order chi connectivity index (χ1) is 15.0. The van der Waals surface area contributed by atoms with Crippen molar-refractivity contribution in [3.63, 3.8) is 0 Å². The number of nitrogens with zero attached hydrogens (tertiary/aromatic N) is 1. The number of ether oxygens (including phenoxy) is 1. The third-order valence-electron chi connectivity index (χ3n) is 5.05. The summed E-state index contributed by atoms with van der Waals surface area (Å²) in [5.41, 5.74) is 1.77. The van der Waals surface area contributed by atoms with E-state index in [0.29, 0.717) is 24.6 Å². The maximum absolute atomic E-state index is 13.3. The van der Waals surface area contributed by atoms with Gasteiger partial charge in [0.05, 0.1) is 4.47 Å². The Balaban J connectivity index is 2.22. The minimum absolute atomic E-state index is 0.147. The standard InChI is InChI=1S/C26H35BrN2O3/c1-7-22(25(31)28-26(4,5)6)29(16-19-11-9-8-10-12-19)24(30)17-32-23-14-13-20(18(2)3)15-21(23)27/h8-15,18,22H,7,16-17H2,1-6H3,(H,28,31). The average Bonchev–Trinajstić information content (AvgIpc) is 2.71. The van der Waals surface area contributed by atoms with Crippen LogP contribution >= 0.6 is 15.9 Å². The molecule has 0 fully saturated rings. The van der Waals surface area contributed by atoms with E-state index in [-0.39, 0.29) is 24.0 Å². The van der Waals surface area contributed by atoms with Gasteiger partial charge in [-0.25, -0.2) is 0 Å². The van der Waals surface area contributed by atoms with Crippen molar-refractivity contribution in [3.8, 4) is 5.75 Å². The number of amides is 2. The fourth-order valence-corrected chi connectivity index (χ4v) is 3.88. The molecular formula is C26H35BrN2O3. The highest BCUT2D eigenvalue weighted by Crippen LogP contribution is 2.29. The quantitative estimate of drug-likeness (QED) is 0.480. The van der Waals surface area contributed by atoms with Crippen LogP contribution in [0.1, 0.15) is 65.0 Å². The zero-order valence-corrected chi connectivity index (χ0v) is 21.5. The van der Waals surface area contributed by atoms with Crippen molar-refractivity contribution in [2.75, 3.05) is 6.61 Å². The number of benzene rings is 2. The molecule has 0 aliphatic carbocycles. The summed E-state index contributed by atoms with van der Waals surface area (Å²) in [5.74, 6) is 0.612. The number of halogens is 1. The van der Waals surface area contributed by atoms with Gasteiger partial charge in [-0.05, 0) is 72.3 Å². The van der Waals surface area contributed by atoms with Crippen LogP contribution in [0.5, 0.6) is 5.75 Å². The first-order valence-corrected chi connectivity index (χ1v) is 11.9. The van der Waals surface area contributed by atoms with Crippen molar-refractivity contribution in [1.29, 1.82) is 0 Å². The SMILES string of the molecule is CCC(C(=O)NC(C)(C)C)N(Cc1ccccc1)C(=O)COc1ccc(C(C)C)cc1Br. The number of hydrogen-bond donors (Lipinski definition) is 1. The number of carbonyl (C=O) groups is 2. The zero-order chi connectivity index (χ0) is 23.9. The number of carbonyl (C=O) groups excluding carboxylic acids is 2. The van der Waals surface area contributed by atoms with Crippen LogP contribution in [0.2, 0.25) is 0 Å². The van der Waals surface area contributed by atoms with Gasteiger partial charge in [-0.2, -0.15) is 0 Å². The van der Waals surface area contributed by atoms with Crippen molar-refractivity contribution in [3.05, 3.63) is 64.1 Å². The summed E-state index contributed by atoms with van der Waals surface area (Å²) in [6.45, 7) is 12.2. The number of nitrogens with one attached hydrogen (secondary N) is 1. The van der Waals surface area contributed by atoms with Gasteiger partial charge in [0.25, 0.3) is 5.91 Å². The molecule has 0 saturated carbocycles. The van der Waals surface area contributed by atoms with Gasteiger partial charge in [0.2, 0.25) is 5.91 Å². The van der Waals surface area contributed by atoms with E-state index in [1.165, 1.54) is 5.56 Å². The highest BCUT2D eigenvalue weighted by molar-refractivity contribution is 9.10. The van der Waals surface area contributed by atoms with Crippen LogP contribution in [0.15, 0.2) is 53.0 Å². The van der Waals surface area contributed by atoms with E-state index in [9.17, 15) is 9.59 Å². The average molecular weight is 503 g/mol. The van der Waals surface area contributed by atoms with Gasteiger partial charge in [0.15, 0.2) is 6.61 Å². The zero-order valence-electron chi connectivity index (χ0n) is 19.9. The Morgan fingerprint density at radius 3 is 2.28 bits per heavy atom. The Bertz CT molecular complexity index is 907. The molecule has 174 valence electrons. The predicted octanol–water partition coefficient (Wildman–Crippen LogP) is 5.67. The largest absolute Gasteiger partial charge is 0.483 e. The van der Waals surface area contributed by atoms with Crippen LogP contribution < -0.4 is 10.1 Å². The Labute approximate surface area is 200 Å². The summed E-state index contributed by atoms with van der Waals surface area (Å²) in [6, 6.07) is 15.0. The van der Waals surface area contributed by atoms with Gasteiger partial charge in [-0.1, -0.05) is 57.2 Å². The molecule has 6 heteroatoms. The Morgan fingerprint density at radius 2 is 1.75 bits per heavy atom. The molecule has 0 saturated heterocycles. The van der Waals surface area contributed by atoms with E-state index in [0.717, 1.165) is 10.0 Å². The van der Waals surface area contributed by atoms with Crippen molar-refractivity contribution >= 4 is 27.7 Å². The van der Waals surface area contributed by atoms with E-state index in [1.54, 1.807) is 4.90 Å². The monoisotopic (exact) mass is 502 g/mol. The van der Waals surface area contributed by atoms with Crippen LogP contribution in [-0.4, -0.2) is 34.9 Å². The molecule has 2 aromatic rings. The fourth-order valence-electron chi connectivity index (χ4n) is 3.37. The summed E-state index contributed by atoms with van der Waals surface area (Å²) < 4.78 is 6.67. The molecule has 5 nitrogen and oxygen atoms in total. The van der Waals surface area contributed by atoms with Crippen LogP contribution in [0.3, 0.4) is 0 Å². The number of hydrogen-bond acceptors (Lipinski definition) is 3. The lowest BCUT2D eigenvalue weighted by Gasteiger charge is -2.33. The second-order valence-corrected chi connectivity index (χ2v) is 10.2. The first kappa shape index (κ1) is 25.9. The van der Waals surface area contributed by atoms with Gasteiger partial charge >= 0.3 is 0 Å². The number of rotatable bonds is 9. The molecule has 32 heavy (non-hydrogen) atoms. The van der Waals surface area contributed by atoms with Crippen molar-refractivity contribution in [2.45, 2.75) is 72.0 Å². The second kappa shape index (κ2) is 11.5. The van der Waals surface area contributed by atoms with Gasteiger partial charge in [-0.3, -0.25) is 9.59 Å². The highest BCUT2D eigenvalue weighted by atomic mass is 79.9. The van der Waals surface area contributed by atoms with E-state index >= 15 is 0 Å². The van der Waals surface area contributed by atoms with Crippen LogP contribution in [0.4, 0.5) is 0 Å². The Kier molecular flexibility index (Phi) is 9.32. The summed E-state index contributed by atoms with van der Waals surface area (Å²) in [4.78, 5) is 27.9. The van der Waals surface area contributed by atoms with E-state index < -0.39 is 6.04 Å². The second-order valence-electron chi connectivity index (χ2n) is 9.30. The minimum Gasteiger partial charge on any atom is -0.483 e. The molecule has 0 aliphatic heterocycles. The fraction of sp³-hybridized carbons (Fsp3) is 0.462. The Hall–Kier alpha value is -2.34. The van der Waals surface area contributed by atoms with E-state index in [1.807, 2.05) is 76.2 Å². The van der Waals surface area contributed by atoms with Gasteiger partial charge < -0.3 is 15.0 Å². The molecule has 2 amide bonds. The summed E-state index contributed by atoms with van der Waals surface area (Å²) in [5, 5.41) is 3.01. The minimum atomic E-state index is -0.586. The van der Waals surface area contributed by atoms with Crippen LogP contribution in [0.25, 0.3) is 0 Å². The van der Waals surface area contributed by atoms with Gasteiger partial charge in [0.1, 0.15) is 11.8 Å². The molecule has 0 spiro atoms. The molecule has 0 heterocycles. The molecule has 1 atom stereocenters. The molecule has 0 aromatic heterocycles. The van der Waals surface area contributed by atoms with Crippen molar-refractivity contribution in [2.24, 2.45) is 0 Å². The molecule has 0 aliphatic rings. The molecule has 1 unspecified atom stereocenters. The van der Waals surface area contributed by atoms with E-state index in [4.69, 9.17) is 4.74 Å². The van der Waals surface area contributed by atoms with Gasteiger partial charge in [-0.15, -0.1) is 0 Å². The summed E-state index contributed by atoms with van der Waals surface area (Å²) in [6.07, 6.45) is 0.507. The van der Waals surface area contributed by atoms with Crippen LogP contribution in [0, 0.1) is 0 Å². The van der Waals surface area contributed by atoms with Crippen molar-refractivity contribution in [1.82, 2.24) is 10.2 Å². The molecular weight excluding hydrogens is 468 g/mol. The molecule has 0 bridgehead atoms. The predicted molar refractivity (Wildman–Crippen MR) is 133 cm³/mol. The third-order valence-corrected chi connectivity index (χ3v) is 5.67. The maximum atomic E-state index is 13.3. The highest BCUT2D eigenvalue weighted by Gasteiger charge is 2.31. The Morgan fingerprint density at radius 1 is 1.09 bits per heavy atom. The molecule has 2 rings (SSSR count). The summed E-state index contributed by atoms with van der Waals surface area (Å²) >= 11 is 3.54. The first-order valence-electron chi connectivity index (χ1n) is 11.1. The lowest BCUT2D eigenvalue weighted by atomic mass is 10.0. The van der Waals surface area contributed by atoms with E-state index in [2.05, 4.69) is 35.1 Å². The lowest BCUT2D eigenvalue weighted by Crippen LogP contribution is -2.54. The van der Waals surface area contributed by atoms with Crippen molar-refractivity contribution < 1.29 is 14.3 Å².